The lowest BCUT2D eigenvalue weighted by atomic mass is 10.2. The number of aliphatic imine (C=N–C) groups is 1. The number of nitrogens with zero attached hydrogens (tertiary/aromatic N) is 1. The van der Waals surface area contributed by atoms with Crippen molar-refractivity contribution in [3.05, 3.63) is 17.9 Å². The van der Waals surface area contributed by atoms with Gasteiger partial charge >= 0.3 is 0 Å². The Hall–Kier alpha value is -1.87. The molecule has 0 N–H and O–H groups in total. The highest BCUT2D eigenvalue weighted by Gasteiger charge is 2.09. The molecule has 0 amide bonds. The highest BCUT2D eigenvalue weighted by molar-refractivity contribution is 5.60. The van der Waals surface area contributed by atoms with Crippen molar-refractivity contribution in [3.8, 4) is 11.5 Å². The first-order valence-electron chi connectivity index (χ1n) is 3.72. The van der Waals surface area contributed by atoms with E-state index < -0.39 is 5.82 Å². The molecule has 0 spiro atoms. The maximum absolute atomic E-state index is 13.1. The summed E-state index contributed by atoms with van der Waals surface area (Å²) in [6.07, 6.45) is 1.31. The second kappa shape index (κ2) is 4.39. The Kier molecular flexibility index (Phi) is 3.20. The fourth-order valence-electron chi connectivity index (χ4n) is 0.981. The predicted molar refractivity (Wildman–Crippen MR) is 47.3 cm³/mol. The Labute approximate surface area is 80.0 Å². The topological polar surface area (TPSA) is 47.9 Å². The molecule has 0 aliphatic rings. The van der Waals surface area contributed by atoms with Gasteiger partial charge in [0, 0.05) is 12.1 Å². The Bertz CT molecular complexity index is 386. The van der Waals surface area contributed by atoms with Crippen LogP contribution in [-0.4, -0.2) is 20.3 Å². The van der Waals surface area contributed by atoms with Gasteiger partial charge in [-0.15, -0.1) is 0 Å². The van der Waals surface area contributed by atoms with Crippen molar-refractivity contribution in [1.29, 1.82) is 0 Å². The van der Waals surface area contributed by atoms with E-state index in [1.54, 1.807) is 0 Å². The average molecular weight is 197 g/mol. The number of hydrogen-bond acceptors (Lipinski definition) is 4. The van der Waals surface area contributed by atoms with Crippen molar-refractivity contribution >= 4 is 11.8 Å². The molecule has 1 aromatic carbocycles. The third-order valence-corrected chi connectivity index (χ3v) is 1.62. The van der Waals surface area contributed by atoms with E-state index in [0.717, 1.165) is 6.07 Å². The second-order valence-corrected chi connectivity index (χ2v) is 2.36. The molecule has 0 aliphatic carbocycles. The van der Waals surface area contributed by atoms with E-state index in [9.17, 15) is 9.18 Å². The van der Waals surface area contributed by atoms with E-state index in [-0.39, 0.29) is 17.2 Å². The fourth-order valence-corrected chi connectivity index (χ4v) is 0.981. The van der Waals surface area contributed by atoms with Crippen LogP contribution in [0.3, 0.4) is 0 Å². The number of halogens is 1. The van der Waals surface area contributed by atoms with Crippen molar-refractivity contribution in [3.63, 3.8) is 0 Å². The van der Waals surface area contributed by atoms with Crippen LogP contribution in [0, 0.1) is 5.82 Å². The third-order valence-electron chi connectivity index (χ3n) is 1.62. The molecule has 0 aromatic heterocycles. The quantitative estimate of drug-likeness (QED) is 0.548. The van der Waals surface area contributed by atoms with Gasteiger partial charge < -0.3 is 9.47 Å². The number of rotatable bonds is 3. The van der Waals surface area contributed by atoms with Crippen LogP contribution in [0.4, 0.5) is 10.1 Å². The first-order valence-corrected chi connectivity index (χ1v) is 3.72. The summed E-state index contributed by atoms with van der Waals surface area (Å²) in [7, 11) is 2.72. The SMILES string of the molecule is COc1cc(OC)c(N=C=O)cc1F. The third kappa shape index (κ3) is 1.89. The van der Waals surface area contributed by atoms with Crippen molar-refractivity contribution in [1.82, 2.24) is 0 Å². The van der Waals surface area contributed by atoms with Crippen LogP contribution in [0.15, 0.2) is 17.1 Å². The van der Waals surface area contributed by atoms with Crippen LogP contribution in [0.25, 0.3) is 0 Å². The maximum atomic E-state index is 13.1. The molecule has 0 heterocycles. The van der Waals surface area contributed by atoms with E-state index in [2.05, 4.69) is 4.99 Å². The van der Waals surface area contributed by atoms with E-state index in [1.165, 1.54) is 26.4 Å². The van der Waals surface area contributed by atoms with E-state index in [0.29, 0.717) is 0 Å². The van der Waals surface area contributed by atoms with Gasteiger partial charge in [-0.3, -0.25) is 0 Å². The van der Waals surface area contributed by atoms with Crippen LogP contribution < -0.4 is 9.47 Å². The number of carbonyl (C=O) groups excluding carboxylic acids is 1. The van der Waals surface area contributed by atoms with Gasteiger partial charge in [0.25, 0.3) is 0 Å². The lowest BCUT2D eigenvalue weighted by Crippen LogP contribution is -1.90. The Morgan fingerprint density at radius 1 is 1.29 bits per heavy atom. The van der Waals surface area contributed by atoms with E-state index in [1.807, 2.05) is 0 Å². The monoisotopic (exact) mass is 197 g/mol. The fraction of sp³-hybridized carbons (Fsp3) is 0.222. The zero-order valence-corrected chi connectivity index (χ0v) is 7.70. The smallest absolute Gasteiger partial charge is 0.240 e. The van der Waals surface area contributed by atoms with Crippen molar-refractivity contribution < 1.29 is 18.7 Å². The number of hydrogen-bond donors (Lipinski definition) is 0. The summed E-state index contributed by atoms with van der Waals surface area (Å²) in [6, 6.07) is 2.36. The van der Waals surface area contributed by atoms with Crippen molar-refractivity contribution in [2.75, 3.05) is 14.2 Å². The highest BCUT2D eigenvalue weighted by atomic mass is 19.1. The molecule has 0 saturated carbocycles. The lowest BCUT2D eigenvalue weighted by molar-refractivity contribution is 0.374. The van der Waals surface area contributed by atoms with Crippen LogP contribution in [0.5, 0.6) is 11.5 Å². The van der Waals surface area contributed by atoms with Gasteiger partial charge in [-0.2, -0.15) is 4.99 Å². The molecule has 5 heteroatoms. The van der Waals surface area contributed by atoms with Gasteiger partial charge in [0.15, 0.2) is 11.6 Å². The summed E-state index contributed by atoms with van der Waals surface area (Å²) in [4.78, 5) is 13.3. The van der Waals surface area contributed by atoms with Crippen LogP contribution >= 0.6 is 0 Å². The molecular weight excluding hydrogens is 189 g/mol. The van der Waals surface area contributed by atoms with Gasteiger partial charge in [-0.25, -0.2) is 9.18 Å². The normalized spacial score (nSPS) is 9.07. The standard InChI is InChI=1S/C9H8FNO3/c1-13-8-4-9(14-2)7(11-5-12)3-6(8)10/h3-4H,1-2H3. The minimum Gasteiger partial charge on any atom is -0.494 e. The summed E-state index contributed by atoms with van der Waals surface area (Å²) >= 11 is 0. The molecule has 0 bridgehead atoms. The van der Waals surface area contributed by atoms with Crippen molar-refractivity contribution in [2.45, 2.75) is 0 Å². The van der Waals surface area contributed by atoms with Gasteiger partial charge in [0.05, 0.1) is 14.2 Å². The molecular formula is C9H8FNO3. The van der Waals surface area contributed by atoms with Gasteiger partial charge in [-0.05, 0) is 0 Å². The van der Waals surface area contributed by atoms with E-state index in [4.69, 9.17) is 9.47 Å². The first kappa shape index (κ1) is 10.2. The number of isocyanates is 1. The molecule has 74 valence electrons. The highest BCUT2D eigenvalue weighted by Crippen LogP contribution is 2.33. The predicted octanol–water partition coefficient (Wildman–Crippen LogP) is 1.81. The van der Waals surface area contributed by atoms with Gasteiger partial charge in [0.1, 0.15) is 11.4 Å². The molecule has 0 radical (unpaired) electrons. The largest absolute Gasteiger partial charge is 0.494 e. The van der Waals surface area contributed by atoms with Crippen LogP contribution in [0.1, 0.15) is 0 Å². The Morgan fingerprint density at radius 3 is 2.43 bits per heavy atom. The van der Waals surface area contributed by atoms with Crippen molar-refractivity contribution in [2.24, 2.45) is 4.99 Å². The molecule has 0 saturated heterocycles. The molecule has 0 unspecified atom stereocenters. The minimum absolute atomic E-state index is 0.0340. The number of methoxy groups -OCH3 is 2. The zero-order chi connectivity index (χ0) is 10.6. The minimum atomic E-state index is -0.609. The zero-order valence-electron chi connectivity index (χ0n) is 7.70. The Morgan fingerprint density at radius 2 is 1.93 bits per heavy atom. The summed E-state index contributed by atoms with van der Waals surface area (Å²) < 4.78 is 22.7. The Balaban J connectivity index is 3.30. The molecule has 1 rings (SSSR count). The number of benzene rings is 1. The second-order valence-electron chi connectivity index (χ2n) is 2.36. The molecule has 0 atom stereocenters. The first-order chi connectivity index (χ1) is 6.72. The summed E-state index contributed by atoms with van der Waals surface area (Å²) in [5.74, 6) is -0.319. The van der Waals surface area contributed by atoms with Gasteiger partial charge in [-0.1, -0.05) is 0 Å². The summed E-state index contributed by atoms with van der Waals surface area (Å²) in [5, 5.41) is 0. The molecule has 0 aliphatic heterocycles. The number of ether oxygens (including phenoxy) is 2. The maximum Gasteiger partial charge on any atom is 0.240 e. The molecule has 4 nitrogen and oxygen atoms in total. The summed E-state index contributed by atoms with van der Waals surface area (Å²) in [5.41, 5.74) is 0.0841. The van der Waals surface area contributed by atoms with Crippen LogP contribution in [0.2, 0.25) is 0 Å². The van der Waals surface area contributed by atoms with Gasteiger partial charge in [0.2, 0.25) is 6.08 Å². The van der Waals surface area contributed by atoms with E-state index >= 15 is 0 Å². The molecule has 0 fully saturated rings. The average Bonchev–Trinajstić information content (AvgIpc) is 2.19. The molecule has 1 aromatic rings. The summed E-state index contributed by atoms with van der Waals surface area (Å²) in [6.45, 7) is 0. The lowest BCUT2D eigenvalue weighted by Gasteiger charge is -2.06. The van der Waals surface area contributed by atoms with Crippen LogP contribution in [-0.2, 0) is 4.79 Å². The molecule has 14 heavy (non-hydrogen) atoms.